The molecule has 0 radical (unpaired) electrons. The summed E-state index contributed by atoms with van der Waals surface area (Å²) in [4.78, 5) is 19.3. The van der Waals surface area contributed by atoms with Crippen molar-refractivity contribution in [2.75, 3.05) is 25.5 Å². The summed E-state index contributed by atoms with van der Waals surface area (Å²) in [5, 5.41) is 15.3. The van der Waals surface area contributed by atoms with Crippen LogP contribution in [0, 0.1) is 0 Å². The zero-order chi connectivity index (χ0) is 29.1. The van der Waals surface area contributed by atoms with Crippen molar-refractivity contribution in [3.05, 3.63) is 131 Å². The number of likely N-dealkylation sites (N-methyl/N-ethyl adjacent to an activating group) is 1. The topological polar surface area (TPSA) is 96.0 Å². The Bertz CT molecular complexity index is 1400. The zero-order valence-corrected chi connectivity index (χ0v) is 23.9. The number of nitrogens with zero attached hydrogens (tertiary/aromatic N) is 2. The van der Waals surface area contributed by atoms with Crippen molar-refractivity contribution in [2.24, 2.45) is 0 Å². The van der Waals surface area contributed by atoms with Gasteiger partial charge in [0.05, 0.1) is 18.8 Å². The maximum Gasteiger partial charge on any atom is 0.319 e. The minimum atomic E-state index is -0.607. The molecular formula is C34H38N4O4. The molecule has 1 saturated heterocycles. The van der Waals surface area contributed by atoms with Crippen molar-refractivity contribution in [1.29, 1.82) is 0 Å². The summed E-state index contributed by atoms with van der Waals surface area (Å²) in [5.74, 6) is 0. The van der Waals surface area contributed by atoms with E-state index in [2.05, 4.69) is 27.6 Å². The first kappa shape index (κ1) is 29.4. The molecule has 42 heavy (non-hydrogen) atoms. The number of aliphatic hydroxyl groups is 1. The number of hydrogen-bond donors (Lipinski definition) is 3. The highest BCUT2D eigenvalue weighted by Crippen LogP contribution is 2.38. The van der Waals surface area contributed by atoms with Crippen LogP contribution in [0.15, 0.2) is 103 Å². The predicted molar refractivity (Wildman–Crippen MR) is 163 cm³/mol. The van der Waals surface area contributed by atoms with E-state index in [0.29, 0.717) is 18.7 Å². The molecule has 218 valence electrons. The number of urea groups is 1. The number of ether oxygens (including phenoxy) is 2. The van der Waals surface area contributed by atoms with Gasteiger partial charge in [0.2, 0.25) is 0 Å². The van der Waals surface area contributed by atoms with Crippen molar-refractivity contribution >= 4 is 11.7 Å². The average molecular weight is 567 g/mol. The van der Waals surface area contributed by atoms with Crippen LogP contribution in [-0.4, -0.2) is 47.3 Å². The molecule has 1 fully saturated rings. The zero-order valence-electron chi connectivity index (χ0n) is 23.9. The Kier molecular flexibility index (Phi) is 10.3. The number of benzene rings is 3. The molecule has 0 spiro atoms. The van der Waals surface area contributed by atoms with Gasteiger partial charge in [0.1, 0.15) is 0 Å². The number of carbonyl (C=O) groups is 1. The first-order valence-electron chi connectivity index (χ1n) is 14.3. The lowest BCUT2D eigenvalue weighted by Crippen LogP contribution is -2.38. The van der Waals surface area contributed by atoms with Crippen LogP contribution < -0.4 is 10.6 Å². The molecule has 1 aliphatic rings. The number of hydrogen-bond acceptors (Lipinski definition) is 6. The van der Waals surface area contributed by atoms with E-state index in [1.807, 2.05) is 103 Å². The van der Waals surface area contributed by atoms with E-state index in [1.54, 1.807) is 0 Å². The van der Waals surface area contributed by atoms with Crippen molar-refractivity contribution < 1.29 is 19.4 Å². The minimum absolute atomic E-state index is 0.0000503. The molecule has 0 aliphatic carbocycles. The fourth-order valence-electron chi connectivity index (χ4n) is 5.04. The van der Waals surface area contributed by atoms with E-state index >= 15 is 0 Å². The van der Waals surface area contributed by atoms with E-state index < -0.39 is 6.29 Å². The smallest absolute Gasteiger partial charge is 0.319 e. The molecule has 1 aliphatic heterocycles. The Balaban J connectivity index is 1.26. The largest absolute Gasteiger partial charge is 0.392 e. The second-order valence-electron chi connectivity index (χ2n) is 10.6. The molecule has 2 amide bonds. The first-order valence-corrected chi connectivity index (χ1v) is 14.3. The van der Waals surface area contributed by atoms with Gasteiger partial charge in [-0.05, 0) is 48.0 Å². The number of nitrogens with one attached hydrogen (secondary N) is 2. The number of carbonyl (C=O) groups excluding carboxylic acids is 1. The van der Waals surface area contributed by atoms with Crippen molar-refractivity contribution in [3.8, 4) is 0 Å². The van der Waals surface area contributed by atoms with Crippen LogP contribution in [-0.2, 0) is 29.0 Å². The number of pyridine rings is 1. The lowest BCUT2D eigenvalue weighted by Gasteiger charge is -2.38. The molecule has 5 rings (SSSR count). The third kappa shape index (κ3) is 8.47. The summed E-state index contributed by atoms with van der Waals surface area (Å²) in [7, 11) is 2.10. The van der Waals surface area contributed by atoms with Crippen LogP contribution in [0.2, 0.25) is 0 Å². The van der Waals surface area contributed by atoms with Gasteiger partial charge >= 0.3 is 6.03 Å². The van der Waals surface area contributed by atoms with E-state index in [0.717, 1.165) is 47.5 Å². The fourth-order valence-corrected chi connectivity index (χ4v) is 5.04. The van der Waals surface area contributed by atoms with Crippen LogP contribution in [0.5, 0.6) is 0 Å². The maximum atomic E-state index is 12.6. The van der Waals surface area contributed by atoms with Gasteiger partial charge in [-0.2, -0.15) is 0 Å². The van der Waals surface area contributed by atoms with Crippen LogP contribution in [0.3, 0.4) is 0 Å². The monoisotopic (exact) mass is 566 g/mol. The van der Waals surface area contributed by atoms with Crippen LogP contribution in [0.4, 0.5) is 10.5 Å². The molecule has 1 aromatic heterocycles. The predicted octanol–water partition coefficient (Wildman–Crippen LogP) is 5.62. The highest BCUT2D eigenvalue weighted by Gasteiger charge is 2.33. The summed E-state index contributed by atoms with van der Waals surface area (Å²) >= 11 is 0. The quantitative estimate of drug-likeness (QED) is 0.218. The third-order valence-electron chi connectivity index (χ3n) is 7.32. The Morgan fingerprint density at radius 3 is 2.50 bits per heavy atom. The summed E-state index contributed by atoms with van der Waals surface area (Å²) in [6, 6.07) is 30.9. The molecule has 0 bridgehead atoms. The van der Waals surface area contributed by atoms with Crippen molar-refractivity contribution in [2.45, 2.75) is 44.5 Å². The molecule has 8 nitrogen and oxygen atoms in total. The third-order valence-corrected chi connectivity index (χ3v) is 7.32. The van der Waals surface area contributed by atoms with Crippen molar-refractivity contribution in [1.82, 2.24) is 15.2 Å². The molecule has 0 saturated carbocycles. The van der Waals surface area contributed by atoms with E-state index in [4.69, 9.17) is 9.47 Å². The van der Waals surface area contributed by atoms with Crippen LogP contribution >= 0.6 is 0 Å². The summed E-state index contributed by atoms with van der Waals surface area (Å²) in [5.41, 5.74) is 5.47. The number of amides is 2. The second-order valence-corrected chi connectivity index (χ2v) is 10.6. The number of aliphatic hydroxyl groups excluding tert-OH is 1. The molecule has 2 heterocycles. The molecule has 3 aromatic carbocycles. The lowest BCUT2D eigenvalue weighted by molar-refractivity contribution is -0.252. The Morgan fingerprint density at radius 2 is 1.74 bits per heavy atom. The number of anilines is 1. The van der Waals surface area contributed by atoms with Gasteiger partial charge in [-0.15, -0.1) is 0 Å². The number of rotatable bonds is 11. The first-order chi connectivity index (χ1) is 20.6. The SMILES string of the molecule is CN(CCc1ccccn1)C[C@H]1C[C@@H](c2ccc(CO)cc2)O[C@@H](c2cccc(NC(=O)NCc3ccccc3)c2)O1. The minimum Gasteiger partial charge on any atom is -0.392 e. The van der Waals surface area contributed by atoms with E-state index in [-0.39, 0.29) is 24.8 Å². The van der Waals surface area contributed by atoms with Gasteiger partial charge in [0.15, 0.2) is 6.29 Å². The Labute approximate surface area is 247 Å². The summed E-state index contributed by atoms with van der Waals surface area (Å²) < 4.78 is 13.0. The highest BCUT2D eigenvalue weighted by molar-refractivity contribution is 5.89. The summed E-state index contributed by atoms with van der Waals surface area (Å²) in [6.07, 6.45) is 2.51. The average Bonchev–Trinajstić information content (AvgIpc) is 3.04. The van der Waals surface area contributed by atoms with Crippen LogP contribution in [0.25, 0.3) is 0 Å². The maximum absolute atomic E-state index is 12.6. The fraction of sp³-hybridized carbons (Fsp3) is 0.294. The Hall–Kier alpha value is -4.08. The van der Waals surface area contributed by atoms with Gasteiger partial charge in [0.25, 0.3) is 0 Å². The molecule has 3 atom stereocenters. The normalized spacial score (nSPS) is 18.5. The van der Waals surface area contributed by atoms with Gasteiger partial charge < -0.3 is 30.1 Å². The Morgan fingerprint density at radius 1 is 0.929 bits per heavy atom. The number of aromatic nitrogens is 1. The standard InChI is InChI=1S/C34H38N4O4/c1-38(19-17-29-11-5-6-18-35-29)23-31-21-32(27-15-13-26(24-39)14-16-27)42-33(41-31)28-10-7-12-30(20-28)37-34(40)36-22-25-8-3-2-4-9-25/h2-16,18,20,31-33,39H,17,19,21-24H2,1H3,(H2,36,37,40)/t31-,32+,33+/m1/s1. The van der Waals surface area contributed by atoms with Gasteiger partial charge in [0, 0.05) is 55.6 Å². The molecule has 4 aromatic rings. The van der Waals surface area contributed by atoms with Gasteiger partial charge in [-0.3, -0.25) is 4.98 Å². The summed E-state index contributed by atoms with van der Waals surface area (Å²) in [6.45, 7) is 2.03. The molecule has 8 heteroatoms. The molecule has 3 N–H and O–H groups in total. The van der Waals surface area contributed by atoms with Crippen molar-refractivity contribution in [3.63, 3.8) is 0 Å². The van der Waals surface area contributed by atoms with E-state index in [1.165, 1.54) is 0 Å². The van der Waals surface area contributed by atoms with Crippen LogP contribution in [0.1, 0.15) is 46.8 Å². The van der Waals surface area contributed by atoms with Gasteiger partial charge in [-0.1, -0.05) is 72.8 Å². The van der Waals surface area contributed by atoms with Gasteiger partial charge in [-0.25, -0.2) is 4.79 Å². The highest BCUT2D eigenvalue weighted by atomic mass is 16.7. The molecular weight excluding hydrogens is 528 g/mol. The molecule has 0 unspecified atom stereocenters. The van der Waals surface area contributed by atoms with E-state index in [9.17, 15) is 9.90 Å². The lowest BCUT2D eigenvalue weighted by atomic mass is 9.99. The second kappa shape index (κ2) is 14.7.